The van der Waals surface area contributed by atoms with Gasteiger partial charge in [0.2, 0.25) is 0 Å². The average molecular weight is 182 g/mol. The van der Waals surface area contributed by atoms with Crippen molar-refractivity contribution in [3.8, 4) is 0 Å². The number of allylic oxidation sites excluding steroid dienone is 1. The molecule has 4 heteroatoms. The number of hydrogen-bond donors (Lipinski definition) is 2. The zero-order chi connectivity index (χ0) is 10.0. The molecule has 72 valence electrons. The summed E-state index contributed by atoms with van der Waals surface area (Å²) in [7, 11) is 1.76. The van der Waals surface area contributed by atoms with E-state index >= 15 is 0 Å². The van der Waals surface area contributed by atoms with Crippen molar-refractivity contribution in [3.63, 3.8) is 0 Å². The van der Waals surface area contributed by atoms with Crippen LogP contribution in [0.15, 0.2) is 23.1 Å². The van der Waals surface area contributed by atoms with Crippen molar-refractivity contribution in [1.82, 2.24) is 4.90 Å². The lowest BCUT2D eigenvalue weighted by molar-refractivity contribution is -0.115. The van der Waals surface area contributed by atoms with Crippen LogP contribution in [0.4, 0.5) is 0 Å². The highest BCUT2D eigenvalue weighted by Crippen LogP contribution is 2.19. The minimum absolute atomic E-state index is 0.0174. The maximum absolute atomic E-state index is 11.2. The first-order valence-electron chi connectivity index (χ1n) is 4.12. The van der Waals surface area contributed by atoms with Gasteiger partial charge in [-0.15, -0.1) is 0 Å². The molecule has 0 amide bonds. The van der Waals surface area contributed by atoms with E-state index in [0.717, 1.165) is 0 Å². The Kier molecular flexibility index (Phi) is 2.72. The predicted octanol–water partition coefficient (Wildman–Crippen LogP) is 0.175. The molecule has 0 saturated carbocycles. The Morgan fingerprint density at radius 3 is 2.85 bits per heavy atom. The van der Waals surface area contributed by atoms with E-state index in [1.807, 2.05) is 6.08 Å². The molecule has 4 nitrogen and oxygen atoms in total. The summed E-state index contributed by atoms with van der Waals surface area (Å²) in [6.07, 6.45) is 1.82. The van der Waals surface area contributed by atoms with Crippen LogP contribution in [0.2, 0.25) is 0 Å². The number of Topliss-reactive ketones (excluding diaryl/α,β-unsaturated/α-hetero) is 1. The number of nitrogens with zero attached hydrogens (tertiary/aromatic N) is 1. The Labute approximate surface area is 77.3 Å². The highest BCUT2D eigenvalue weighted by atomic mass is 16.3. The summed E-state index contributed by atoms with van der Waals surface area (Å²) in [6.45, 7) is 2.31. The molecular formula is C9H14N2O2. The molecule has 1 heterocycles. The van der Waals surface area contributed by atoms with Gasteiger partial charge in [0.1, 0.15) is 11.5 Å². The molecule has 0 spiro atoms. The van der Waals surface area contributed by atoms with Gasteiger partial charge in [-0.2, -0.15) is 0 Å². The monoisotopic (exact) mass is 182 g/mol. The summed E-state index contributed by atoms with van der Waals surface area (Å²) in [6, 6.07) is 0. The van der Waals surface area contributed by atoms with Gasteiger partial charge >= 0.3 is 0 Å². The van der Waals surface area contributed by atoms with Gasteiger partial charge in [0.05, 0.1) is 0 Å². The Balaban J connectivity index is 3.09. The molecule has 0 radical (unpaired) electrons. The number of aliphatic hydroxyl groups is 1. The van der Waals surface area contributed by atoms with E-state index in [9.17, 15) is 9.90 Å². The van der Waals surface area contributed by atoms with Gasteiger partial charge in [0.25, 0.3) is 0 Å². The number of hydrogen-bond acceptors (Lipinski definition) is 4. The van der Waals surface area contributed by atoms with E-state index in [1.54, 1.807) is 11.9 Å². The highest BCUT2D eigenvalue weighted by molar-refractivity contribution is 5.94. The van der Waals surface area contributed by atoms with Crippen LogP contribution in [0.3, 0.4) is 0 Å². The van der Waals surface area contributed by atoms with Crippen LogP contribution in [0.1, 0.15) is 6.92 Å². The maximum Gasteiger partial charge on any atom is 0.179 e. The van der Waals surface area contributed by atoms with Crippen LogP contribution < -0.4 is 5.73 Å². The van der Waals surface area contributed by atoms with Crippen LogP contribution >= 0.6 is 0 Å². The molecule has 3 N–H and O–H groups in total. The first kappa shape index (κ1) is 9.80. The molecule has 13 heavy (non-hydrogen) atoms. The Bertz CT molecular complexity index is 292. The van der Waals surface area contributed by atoms with Gasteiger partial charge in [-0.25, -0.2) is 0 Å². The zero-order valence-electron chi connectivity index (χ0n) is 7.87. The van der Waals surface area contributed by atoms with Gasteiger partial charge in [0, 0.05) is 32.6 Å². The number of aliphatic hydroxyl groups excluding tert-OH is 1. The fourth-order valence-corrected chi connectivity index (χ4v) is 1.38. The molecule has 1 rings (SSSR count). The second-order valence-electron chi connectivity index (χ2n) is 3.07. The average Bonchev–Trinajstić information content (AvgIpc) is 2.04. The number of ketones is 1. The van der Waals surface area contributed by atoms with Crippen LogP contribution in [-0.2, 0) is 4.79 Å². The number of nitrogens with two attached hydrogens (primary N) is 1. The zero-order valence-corrected chi connectivity index (χ0v) is 7.87. The molecule has 0 bridgehead atoms. The van der Waals surface area contributed by atoms with E-state index in [1.165, 1.54) is 6.92 Å². The van der Waals surface area contributed by atoms with Crippen molar-refractivity contribution >= 4 is 5.78 Å². The first-order valence-corrected chi connectivity index (χ1v) is 4.12. The van der Waals surface area contributed by atoms with Crippen molar-refractivity contribution in [2.24, 2.45) is 5.73 Å². The van der Waals surface area contributed by atoms with Crippen molar-refractivity contribution in [1.29, 1.82) is 0 Å². The van der Waals surface area contributed by atoms with Gasteiger partial charge in [-0.05, 0) is 0 Å². The van der Waals surface area contributed by atoms with Crippen LogP contribution in [-0.4, -0.2) is 35.9 Å². The van der Waals surface area contributed by atoms with Crippen LogP contribution in [0.5, 0.6) is 0 Å². The SMILES string of the molecule is CC(=O)C1=C(O)C(CN)=CCN1C. The Morgan fingerprint density at radius 2 is 2.38 bits per heavy atom. The number of likely N-dealkylation sites (N-methyl/N-ethyl adjacent to an activating group) is 1. The van der Waals surface area contributed by atoms with Gasteiger partial charge in [-0.3, -0.25) is 4.79 Å². The third-order valence-electron chi connectivity index (χ3n) is 2.08. The number of carbonyl (C=O) groups excluding carboxylic acids is 1. The Hall–Kier alpha value is -1.29. The standard InChI is InChI=1S/C9H14N2O2/c1-6(12)8-9(13)7(5-10)3-4-11(8)2/h3,13H,4-5,10H2,1-2H3. The predicted molar refractivity (Wildman–Crippen MR) is 50.1 cm³/mol. The summed E-state index contributed by atoms with van der Waals surface area (Å²) in [4.78, 5) is 12.9. The minimum atomic E-state index is -0.140. The summed E-state index contributed by atoms with van der Waals surface area (Å²) >= 11 is 0. The van der Waals surface area contributed by atoms with Crippen LogP contribution in [0, 0.1) is 0 Å². The van der Waals surface area contributed by atoms with Crippen molar-refractivity contribution in [3.05, 3.63) is 23.1 Å². The number of carbonyl (C=O) groups is 1. The van der Waals surface area contributed by atoms with Gasteiger partial charge < -0.3 is 15.7 Å². The highest BCUT2D eigenvalue weighted by Gasteiger charge is 2.21. The second kappa shape index (κ2) is 3.62. The van der Waals surface area contributed by atoms with Crippen LogP contribution in [0.25, 0.3) is 0 Å². The molecule has 0 aromatic heterocycles. The summed E-state index contributed by atoms with van der Waals surface area (Å²) < 4.78 is 0. The van der Waals surface area contributed by atoms with Gasteiger partial charge in [-0.1, -0.05) is 6.08 Å². The van der Waals surface area contributed by atoms with Crippen molar-refractivity contribution in [2.45, 2.75) is 6.92 Å². The van der Waals surface area contributed by atoms with E-state index in [-0.39, 0.29) is 18.1 Å². The lowest BCUT2D eigenvalue weighted by atomic mass is 10.1. The largest absolute Gasteiger partial charge is 0.505 e. The first-order chi connectivity index (χ1) is 6.07. The maximum atomic E-state index is 11.2. The molecule has 1 aliphatic heterocycles. The lowest BCUT2D eigenvalue weighted by Crippen LogP contribution is -2.29. The van der Waals surface area contributed by atoms with Crippen molar-refractivity contribution < 1.29 is 9.90 Å². The molecule has 0 aromatic carbocycles. The summed E-state index contributed by atoms with van der Waals surface area (Å²) in [5.41, 5.74) is 6.40. The Morgan fingerprint density at radius 1 is 1.77 bits per heavy atom. The molecule has 0 aromatic rings. The summed E-state index contributed by atoms with van der Waals surface area (Å²) in [5.74, 6) is -0.122. The van der Waals surface area contributed by atoms with E-state index in [4.69, 9.17) is 5.73 Å². The third-order valence-corrected chi connectivity index (χ3v) is 2.08. The second-order valence-corrected chi connectivity index (χ2v) is 3.07. The fourth-order valence-electron chi connectivity index (χ4n) is 1.38. The molecular weight excluding hydrogens is 168 g/mol. The minimum Gasteiger partial charge on any atom is -0.505 e. The molecule has 0 unspecified atom stereocenters. The lowest BCUT2D eigenvalue weighted by Gasteiger charge is -2.25. The molecule has 0 aliphatic carbocycles. The van der Waals surface area contributed by atoms with Gasteiger partial charge in [0.15, 0.2) is 5.78 Å². The normalized spacial score (nSPS) is 17.5. The number of rotatable bonds is 2. The quantitative estimate of drug-likeness (QED) is 0.639. The van der Waals surface area contributed by atoms with E-state index < -0.39 is 0 Å². The molecule has 1 aliphatic rings. The molecule has 0 fully saturated rings. The van der Waals surface area contributed by atoms with E-state index in [0.29, 0.717) is 17.8 Å². The topological polar surface area (TPSA) is 66.6 Å². The fraction of sp³-hybridized carbons (Fsp3) is 0.444. The molecule has 0 atom stereocenters. The molecule has 0 saturated heterocycles. The third kappa shape index (κ3) is 1.72. The summed E-state index contributed by atoms with van der Waals surface area (Å²) in [5, 5.41) is 9.64. The smallest absolute Gasteiger partial charge is 0.179 e. The van der Waals surface area contributed by atoms with E-state index in [2.05, 4.69) is 0 Å². The van der Waals surface area contributed by atoms with Crippen molar-refractivity contribution in [2.75, 3.05) is 20.1 Å².